The number of nitrogens with two attached hydrogens (primary N) is 2. The van der Waals surface area contributed by atoms with Gasteiger partial charge in [0.05, 0.1) is 19.3 Å². The Morgan fingerprint density at radius 2 is 1.75 bits per heavy atom. The van der Waals surface area contributed by atoms with Crippen LogP contribution in [-0.2, 0) is 36.7 Å². The van der Waals surface area contributed by atoms with Crippen LogP contribution in [0.5, 0.6) is 0 Å². The predicted octanol–water partition coefficient (Wildman–Crippen LogP) is -0.807. The lowest BCUT2D eigenvalue weighted by atomic mass is 10.1. The number of ether oxygens (including phenoxy) is 2. The molecule has 21 nitrogen and oxygen atoms in total. The Morgan fingerprint density at radius 3 is 2.55 bits per heavy atom. The number of aliphatic hydroxyl groups is 1. The fraction of sp³-hybridized carbons (Fsp3) is 0.500. The number of fused-ring (bicyclic) bond motifs is 5. The number of rotatable bonds is 2. The molecule has 10 unspecified atom stereocenters. The standard InChI is InChI=1S/C20H21FN10O11P2/c21-8-12-7(40-18(8)30-4-26-9-14(22)24-3-25-15(9)30)1-37-43(34)41-13-11(32)6(2-38-44(35,36)42-12)39-19(13)31-5-27-10-16(31)28-20(23)29-17(10)33/h3-8,11-13,18-19,32H,1-2H2,(H5-,22,23,24,25,28,29,33,35,36)/p+1. The van der Waals surface area contributed by atoms with E-state index in [9.17, 15) is 23.9 Å². The first-order chi connectivity index (χ1) is 21.0. The first kappa shape index (κ1) is 29.2. The van der Waals surface area contributed by atoms with E-state index in [0.29, 0.717) is 0 Å². The van der Waals surface area contributed by atoms with E-state index in [2.05, 4.69) is 29.9 Å². The van der Waals surface area contributed by atoms with E-state index < -0.39 is 84.0 Å². The number of nitrogens with one attached hydrogen (secondary N) is 1. The molecule has 0 aliphatic carbocycles. The number of halogens is 1. The van der Waals surface area contributed by atoms with Crippen LogP contribution in [0.4, 0.5) is 16.2 Å². The van der Waals surface area contributed by atoms with Crippen molar-refractivity contribution in [3.05, 3.63) is 29.3 Å². The number of alkyl halides is 1. The molecule has 44 heavy (non-hydrogen) atoms. The zero-order valence-corrected chi connectivity index (χ0v) is 23.7. The maximum absolute atomic E-state index is 15.8. The van der Waals surface area contributed by atoms with Gasteiger partial charge in [-0.25, -0.2) is 28.9 Å². The van der Waals surface area contributed by atoms with Crippen LogP contribution in [0.2, 0.25) is 0 Å². The van der Waals surface area contributed by atoms with E-state index >= 15 is 4.39 Å². The lowest BCUT2D eigenvalue weighted by Crippen LogP contribution is -2.35. The molecule has 7 N–H and O–H groups in total. The number of aromatic nitrogens is 8. The van der Waals surface area contributed by atoms with Crippen LogP contribution in [0, 0.1) is 0 Å². The Morgan fingerprint density at radius 1 is 1.02 bits per heavy atom. The number of hydrogen-bond acceptors (Lipinski definition) is 17. The average Bonchev–Trinajstić information content (AvgIpc) is 3.72. The molecule has 3 aliphatic rings. The van der Waals surface area contributed by atoms with Crippen molar-refractivity contribution in [1.82, 2.24) is 39.0 Å². The summed E-state index contributed by atoms with van der Waals surface area (Å²) in [5.41, 5.74) is 10.9. The predicted molar refractivity (Wildman–Crippen MR) is 140 cm³/mol. The maximum atomic E-state index is 15.8. The summed E-state index contributed by atoms with van der Waals surface area (Å²) in [5, 5.41) is 11.0. The largest absolute Gasteiger partial charge is 0.698 e. The quantitative estimate of drug-likeness (QED) is 0.164. The van der Waals surface area contributed by atoms with Crippen LogP contribution in [0.15, 0.2) is 23.8 Å². The first-order valence-electron chi connectivity index (χ1n) is 12.7. The third-order valence-electron chi connectivity index (χ3n) is 7.17. The van der Waals surface area contributed by atoms with E-state index in [-0.39, 0.29) is 34.1 Å². The highest BCUT2D eigenvalue weighted by Crippen LogP contribution is 2.51. The van der Waals surface area contributed by atoms with Gasteiger partial charge in [0.25, 0.3) is 5.56 Å². The molecular weight excluding hydrogens is 637 g/mol. The number of nitrogen functional groups attached to an aromatic ring is 2. The molecule has 0 radical (unpaired) electrons. The van der Waals surface area contributed by atoms with E-state index in [1.54, 1.807) is 0 Å². The molecule has 2 bridgehead atoms. The minimum atomic E-state index is -5.07. The highest BCUT2D eigenvalue weighted by atomic mass is 31.2. The Hall–Kier alpha value is -3.56. The zero-order chi connectivity index (χ0) is 30.9. The number of phosphoric acid groups is 1. The van der Waals surface area contributed by atoms with Crippen LogP contribution in [0.3, 0.4) is 0 Å². The zero-order valence-electron chi connectivity index (χ0n) is 21.9. The van der Waals surface area contributed by atoms with Gasteiger partial charge in [0.15, 0.2) is 47.4 Å². The summed E-state index contributed by atoms with van der Waals surface area (Å²) >= 11 is 0. The summed E-state index contributed by atoms with van der Waals surface area (Å²) in [5.74, 6) is -0.218. The molecule has 4 aromatic heterocycles. The van der Waals surface area contributed by atoms with Gasteiger partial charge in [-0.1, -0.05) is 0 Å². The number of hydrogen-bond donors (Lipinski definition) is 5. The molecule has 3 aliphatic heterocycles. The molecule has 7 heterocycles. The smallest absolute Gasteiger partial charge is 0.387 e. The third-order valence-corrected chi connectivity index (χ3v) is 8.94. The molecule has 0 amide bonds. The van der Waals surface area contributed by atoms with E-state index in [1.165, 1.54) is 15.5 Å². The second-order valence-corrected chi connectivity index (χ2v) is 12.2. The molecule has 0 aromatic carbocycles. The van der Waals surface area contributed by atoms with E-state index in [1.807, 2.05) is 0 Å². The van der Waals surface area contributed by atoms with Gasteiger partial charge in [-0.05, 0) is 0 Å². The fourth-order valence-corrected chi connectivity index (χ4v) is 6.89. The molecule has 0 spiro atoms. The lowest BCUT2D eigenvalue weighted by Gasteiger charge is -2.22. The molecular formula is C20H22FN10O11P2+. The summed E-state index contributed by atoms with van der Waals surface area (Å²) in [7, 11) is -8.14. The van der Waals surface area contributed by atoms with Gasteiger partial charge >= 0.3 is 16.1 Å². The number of anilines is 2. The Kier molecular flexibility index (Phi) is 7.16. The van der Waals surface area contributed by atoms with Crippen molar-refractivity contribution in [2.24, 2.45) is 0 Å². The van der Waals surface area contributed by atoms with Gasteiger partial charge in [0, 0.05) is 4.57 Å². The number of nitrogens with zero attached hydrogens (tertiary/aromatic N) is 7. The summed E-state index contributed by atoms with van der Waals surface area (Å²) in [6.45, 7) is -1.44. The summed E-state index contributed by atoms with van der Waals surface area (Å²) in [6, 6.07) is 0. The van der Waals surface area contributed by atoms with Gasteiger partial charge in [-0.15, -0.1) is 9.05 Å². The number of aliphatic hydroxyl groups excluding tert-OH is 1. The van der Waals surface area contributed by atoms with E-state index in [4.69, 9.17) is 39.0 Å². The monoisotopic (exact) mass is 659 g/mol. The van der Waals surface area contributed by atoms with Crippen LogP contribution in [0.1, 0.15) is 12.5 Å². The van der Waals surface area contributed by atoms with Crippen molar-refractivity contribution in [3.63, 3.8) is 0 Å². The Balaban J connectivity index is 1.18. The second kappa shape index (κ2) is 10.8. The summed E-state index contributed by atoms with van der Waals surface area (Å²) in [6.07, 6.45) is -9.18. The number of aromatic amines is 1. The third kappa shape index (κ3) is 4.94. The van der Waals surface area contributed by atoms with Crippen molar-refractivity contribution in [3.8, 4) is 0 Å². The highest BCUT2D eigenvalue weighted by Gasteiger charge is 2.55. The van der Waals surface area contributed by atoms with Crippen LogP contribution in [-0.4, -0.2) is 98.9 Å². The summed E-state index contributed by atoms with van der Waals surface area (Å²) in [4.78, 5) is 45.0. The highest BCUT2D eigenvalue weighted by molar-refractivity contribution is 7.47. The maximum Gasteiger partial charge on any atom is 0.698 e. The van der Waals surface area contributed by atoms with E-state index in [0.717, 1.165) is 12.7 Å². The molecule has 4 aromatic rings. The normalized spacial score (nSPS) is 35.8. The van der Waals surface area contributed by atoms with Crippen molar-refractivity contribution in [1.29, 1.82) is 0 Å². The molecule has 10 atom stereocenters. The van der Waals surface area contributed by atoms with Crippen molar-refractivity contribution in [2.75, 3.05) is 24.7 Å². The van der Waals surface area contributed by atoms with Gasteiger partial charge in [-0.2, -0.15) is 4.98 Å². The van der Waals surface area contributed by atoms with Crippen LogP contribution < -0.4 is 17.0 Å². The lowest BCUT2D eigenvalue weighted by molar-refractivity contribution is -0.0614. The molecule has 3 fully saturated rings. The Bertz CT molecular complexity index is 1870. The average molecular weight is 659 g/mol. The molecule has 0 saturated carbocycles. The topological polar surface area (TPSA) is 289 Å². The van der Waals surface area contributed by atoms with Crippen molar-refractivity contribution >= 4 is 50.2 Å². The molecule has 7 rings (SSSR count). The molecule has 234 valence electrons. The fourth-order valence-electron chi connectivity index (χ4n) is 5.17. The van der Waals surface area contributed by atoms with Gasteiger partial charge in [-0.3, -0.25) is 28.0 Å². The van der Waals surface area contributed by atoms with Crippen molar-refractivity contribution < 1.29 is 51.1 Å². The summed E-state index contributed by atoms with van der Waals surface area (Å²) < 4.78 is 76.8. The number of imidazole rings is 2. The molecule has 24 heteroatoms. The van der Waals surface area contributed by atoms with Gasteiger partial charge < -0.3 is 30.9 Å². The van der Waals surface area contributed by atoms with Crippen LogP contribution in [0.25, 0.3) is 22.3 Å². The van der Waals surface area contributed by atoms with Crippen molar-refractivity contribution in [2.45, 2.75) is 49.1 Å². The number of phosphoric ester groups is 1. The minimum absolute atomic E-state index is 0.0266. The van der Waals surface area contributed by atoms with Crippen LogP contribution >= 0.6 is 16.1 Å². The van der Waals surface area contributed by atoms with Gasteiger partial charge in [0.2, 0.25) is 5.95 Å². The molecule has 3 saturated heterocycles. The Labute approximate surface area is 243 Å². The first-order valence-corrected chi connectivity index (χ1v) is 15.3. The second-order valence-electron chi connectivity index (χ2n) is 9.85. The number of H-pyrrole nitrogens is 1. The van der Waals surface area contributed by atoms with Gasteiger partial charge in [0.1, 0.15) is 42.9 Å². The minimum Gasteiger partial charge on any atom is -0.387 e. The SMILES string of the molecule is Nc1nc2c(ncn2C2OC3COP(=O)(O)OC4C(CO[P+](=O)OC2C3O)OC(n2cnc3c(N)ncnc32)C4F)c(=O)[nH]1.